The predicted molar refractivity (Wildman–Crippen MR) is 187 cm³/mol. The fraction of sp³-hybridized carbons (Fsp3) is 0.667. The Hall–Kier alpha value is -2.65. The maximum absolute atomic E-state index is 13.7. The number of hydrogen-bond acceptors (Lipinski definition) is 7. The van der Waals surface area contributed by atoms with Crippen molar-refractivity contribution < 1.29 is 23.0 Å². The molecule has 1 fully saturated rings. The minimum atomic E-state index is -4.08. The number of nitrogens with zero attached hydrogens (tertiary/aromatic N) is 1. The monoisotopic (exact) mass is 645 g/mol. The SMILES string of the molecule is CCCCCCCCCCCCCCCCOc1cc(NS(=O)(=O)c2cc(N)ccc2N2CCOCC2)c(O)cc1C(C)(C)C. The number of phenolic OH excluding ortho intramolecular Hbond substituents is 1. The molecule has 3 rings (SSSR count). The largest absolute Gasteiger partial charge is 0.506 e. The number of phenols is 1. The Bertz CT molecular complexity index is 1270. The van der Waals surface area contributed by atoms with Crippen LogP contribution in [0.3, 0.4) is 0 Å². The maximum Gasteiger partial charge on any atom is 0.264 e. The molecule has 1 heterocycles. The molecule has 0 aliphatic carbocycles. The highest BCUT2D eigenvalue weighted by atomic mass is 32.2. The summed E-state index contributed by atoms with van der Waals surface area (Å²) < 4.78 is 41.7. The van der Waals surface area contributed by atoms with Crippen LogP contribution in [-0.2, 0) is 20.2 Å². The van der Waals surface area contributed by atoms with E-state index < -0.39 is 10.0 Å². The maximum atomic E-state index is 13.7. The quantitative estimate of drug-likeness (QED) is 0.0749. The first kappa shape index (κ1) is 36.8. The van der Waals surface area contributed by atoms with E-state index >= 15 is 0 Å². The van der Waals surface area contributed by atoms with Crippen molar-refractivity contribution in [2.45, 2.75) is 128 Å². The molecule has 1 aliphatic heterocycles. The third kappa shape index (κ3) is 12.2. The van der Waals surface area contributed by atoms with E-state index in [1.807, 2.05) is 25.7 Å². The zero-order chi connectivity index (χ0) is 32.7. The van der Waals surface area contributed by atoms with Gasteiger partial charge in [0.25, 0.3) is 10.0 Å². The Kier molecular flexibility index (Phi) is 15.1. The number of rotatable bonds is 20. The van der Waals surface area contributed by atoms with Crippen LogP contribution in [0.5, 0.6) is 11.5 Å². The zero-order valence-electron chi connectivity index (χ0n) is 28.3. The van der Waals surface area contributed by atoms with Crippen molar-refractivity contribution in [1.29, 1.82) is 0 Å². The first-order chi connectivity index (χ1) is 21.5. The van der Waals surface area contributed by atoms with Crippen LogP contribution in [0.25, 0.3) is 0 Å². The molecule has 1 aliphatic rings. The number of benzene rings is 2. The second-order valence-corrected chi connectivity index (χ2v) is 15.1. The number of nitrogens with two attached hydrogens (primary N) is 1. The lowest BCUT2D eigenvalue weighted by Gasteiger charge is -2.30. The van der Waals surface area contributed by atoms with Gasteiger partial charge in [0.15, 0.2) is 0 Å². The number of aromatic hydroxyl groups is 1. The first-order valence-electron chi connectivity index (χ1n) is 17.3. The average molecular weight is 646 g/mol. The molecule has 0 radical (unpaired) electrons. The minimum Gasteiger partial charge on any atom is -0.506 e. The van der Waals surface area contributed by atoms with Crippen molar-refractivity contribution in [3.05, 3.63) is 35.9 Å². The zero-order valence-corrected chi connectivity index (χ0v) is 29.2. The summed E-state index contributed by atoms with van der Waals surface area (Å²) in [6.07, 6.45) is 18.1. The molecule has 0 saturated carbocycles. The number of hydrogen-bond donors (Lipinski definition) is 3. The molecular weight excluding hydrogens is 586 g/mol. The second-order valence-electron chi connectivity index (χ2n) is 13.5. The van der Waals surface area contributed by atoms with Gasteiger partial charge in [0.2, 0.25) is 0 Å². The van der Waals surface area contributed by atoms with Crippen LogP contribution in [0.15, 0.2) is 35.2 Å². The number of nitrogen functional groups attached to an aromatic ring is 1. The number of morpholine rings is 1. The fourth-order valence-corrected chi connectivity index (χ4v) is 7.17. The smallest absolute Gasteiger partial charge is 0.264 e. The van der Waals surface area contributed by atoms with Crippen LogP contribution in [0, 0.1) is 0 Å². The van der Waals surface area contributed by atoms with Crippen LogP contribution >= 0.6 is 0 Å². The van der Waals surface area contributed by atoms with Crippen LogP contribution in [-0.4, -0.2) is 46.4 Å². The molecule has 254 valence electrons. The normalized spacial score (nSPS) is 14.1. The molecule has 0 bridgehead atoms. The van der Waals surface area contributed by atoms with Crippen LogP contribution in [0.2, 0.25) is 0 Å². The van der Waals surface area contributed by atoms with E-state index in [1.54, 1.807) is 24.3 Å². The van der Waals surface area contributed by atoms with Crippen molar-refractivity contribution >= 4 is 27.1 Å². The summed E-state index contributed by atoms with van der Waals surface area (Å²) in [6, 6.07) is 8.10. The molecule has 0 atom stereocenters. The molecule has 2 aromatic carbocycles. The number of sulfonamides is 1. The van der Waals surface area contributed by atoms with Gasteiger partial charge in [-0.05, 0) is 36.1 Å². The summed E-state index contributed by atoms with van der Waals surface area (Å²) in [4.78, 5) is 2.04. The van der Waals surface area contributed by atoms with E-state index in [9.17, 15) is 13.5 Å². The average Bonchev–Trinajstić information content (AvgIpc) is 3.00. The van der Waals surface area contributed by atoms with E-state index in [0.29, 0.717) is 50.0 Å². The van der Waals surface area contributed by atoms with E-state index in [-0.39, 0.29) is 21.7 Å². The van der Waals surface area contributed by atoms with Crippen molar-refractivity contribution in [2.24, 2.45) is 0 Å². The summed E-state index contributed by atoms with van der Waals surface area (Å²) in [5.74, 6) is 0.429. The highest BCUT2D eigenvalue weighted by Crippen LogP contribution is 2.40. The van der Waals surface area contributed by atoms with Gasteiger partial charge in [0.1, 0.15) is 16.4 Å². The van der Waals surface area contributed by atoms with Crippen molar-refractivity contribution in [3.63, 3.8) is 0 Å². The van der Waals surface area contributed by atoms with Gasteiger partial charge in [0, 0.05) is 30.4 Å². The van der Waals surface area contributed by atoms with Crippen molar-refractivity contribution in [1.82, 2.24) is 0 Å². The summed E-state index contributed by atoms with van der Waals surface area (Å²) in [5, 5.41) is 10.9. The Labute approximate surface area is 273 Å². The molecule has 0 spiro atoms. The first-order valence-corrected chi connectivity index (χ1v) is 18.8. The van der Waals surface area contributed by atoms with Gasteiger partial charge >= 0.3 is 0 Å². The van der Waals surface area contributed by atoms with Gasteiger partial charge in [-0.15, -0.1) is 0 Å². The van der Waals surface area contributed by atoms with Gasteiger partial charge in [-0.1, -0.05) is 111 Å². The number of anilines is 3. The second kappa shape index (κ2) is 18.5. The van der Waals surface area contributed by atoms with Crippen molar-refractivity contribution in [2.75, 3.05) is 48.3 Å². The molecule has 9 heteroatoms. The third-order valence-electron chi connectivity index (χ3n) is 8.53. The Morgan fingerprint density at radius 1 is 0.867 bits per heavy atom. The van der Waals surface area contributed by atoms with Crippen LogP contribution in [0.4, 0.5) is 17.1 Å². The Morgan fingerprint density at radius 2 is 1.42 bits per heavy atom. The van der Waals surface area contributed by atoms with Gasteiger partial charge in [-0.2, -0.15) is 0 Å². The molecule has 1 saturated heterocycles. The topological polar surface area (TPSA) is 114 Å². The lowest BCUT2D eigenvalue weighted by molar-refractivity contribution is 0.122. The molecule has 4 N–H and O–H groups in total. The third-order valence-corrected chi connectivity index (χ3v) is 9.93. The summed E-state index contributed by atoms with van der Waals surface area (Å²) in [7, 11) is -4.08. The highest BCUT2D eigenvalue weighted by molar-refractivity contribution is 7.93. The van der Waals surface area contributed by atoms with E-state index in [2.05, 4.69) is 11.6 Å². The van der Waals surface area contributed by atoms with Crippen LogP contribution in [0.1, 0.15) is 123 Å². The number of unbranched alkanes of at least 4 members (excludes halogenated alkanes) is 13. The predicted octanol–water partition coefficient (Wildman–Crippen LogP) is 8.77. The summed E-state index contributed by atoms with van der Waals surface area (Å²) in [6.45, 7) is 11.1. The standard InChI is InChI=1S/C36H59N3O5S/c1-5-6-7-8-9-10-11-12-13-14-15-16-17-18-23-44-34-28-31(33(40)27-30(34)36(2,3)4)38-45(41,42)35-26-29(37)19-20-32(35)39-21-24-43-25-22-39/h19-20,26-28,38,40H,5-18,21-25,37H2,1-4H3. The fourth-order valence-electron chi connectivity index (χ4n) is 5.85. The van der Waals surface area contributed by atoms with Gasteiger partial charge < -0.3 is 25.2 Å². The van der Waals surface area contributed by atoms with E-state index in [0.717, 1.165) is 18.4 Å². The molecule has 45 heavy (non-hydrogen) atoms. The van der Waals surface area contributed by atoms with E-state index in [1.165, 1.54) is 83.1 Å². The molecule has 2 aromatic rings. The Balaban J connectivity index is 1.55. The summed E-state index contributed by atoms with van der Waals surface area (Å²) >= 11 is 0. The number of ether oxygens (including phenoxy) is 2. The number of nitrogens with one attached hydrogen (secondary N) is 1. The van der Waals surface area contributed by atoms with Gasteiger partial charge in [-0.25, -0.2) is 8.42 Å². The van der Waals surface area contributed by atoms with Crippen molar-refractivity contribution in [3.8, 4) is 11.5 Å². The minimum absolute atomic E-state index is 0.0635. The Morgan fingerprint density at radius 3 is 1.98 bits per heavy atom. The molecule has 0 unspecified atom stereocenters. The van der Waals surface area contributed by atoms with Crippen LogP contribution < -0.4 is 20.1 Å². The van der Waals surface area contributed by atoms with Gasteiger partial charge in [-0.3, -0.25) is 4.72 Å². The lowest BCUT2D eigenvalue weighted by Crippen LogP contribution is -2.37. The summed E-state index contributed by atoms with van der Waals surface area (Å²) in [5.41, 5.74) is 7.51. The molecular formula is C36H59N3O5S. The van der Waals surface area contributed by atoms with E-state index in [4.69, 9.17) is 15.2 Å². The lowest BCUT2D eigenvalue weighted by atomic mass is 9.86. The highest BCUT2D eigenvalue weighted by Gasteiger charge is 2.27. The molecule has 0 aromatic heterocycles. The molecule has 8 nitrogen and oxygen atoms in total. The van der Waals surface area contributed by atoms with Gasteiger partial charge in [0.05, 0.1) is 31.2 Å². The molecule has 0 amide bonds.